The normalized spacial score (nSPS) is 10.8. The number of rotatable bonds is 6. The van der Waals surface area contributed by atoms with E-state index < -0.39 is 0 Å². The number of esters is 1. The summed E-state index contributed by atoms with van der Waals surface area (Å²) in [4.78, 5) is 16.2. The first-order valence-corrected chi connectivity index (χ1v) is 7.14. The van der Waals surface area contributed by atoms with Gasteiger partial charge in [0.25, 0.3) is 0 Å². The summed E-state index contributed by atoms with van der Waals surface area (Å²) in [7, 11) is 0. The number of nitrogens with one attached hydrogen (secondary N) is 1. The van der Waals surface area contributed by atoms with Crippen LogP contribution in [0.15, 0.2) is 35.6 Å². The van der Waals surface area contributed by atoms with Crippen molar-refractivity contribution in [1.82, 2.24) is 4.98 Å². The molecule has 0 amide bonds. The largest absolute Gasteiger partial charge is 0.466 e. The number of benzene rings is 1. The second kappa shape index (κ2) is 7.49. The van der Waals surface area contributed by atoms with E-state index in [9.17, 15) is 9.18 Å². The number of ether oxygens (including phenoxy) is 1. The highest BCUT2D eigenvalue weighted by atomic mass is 32.1. The van der Waals surface area contributed by atoms with Crippen molar-refractivity contribution < 1.29 is 13.9 Å². The molecule has 110 valence electrons. The third kappa shape index (κ3) is 4.96. The lowest BCUT2D eigenvalue weighted by Crippen LogP contribution is -2.06. The predicted molar refractivity (Wildman–Crippen MR) is 80.1 cm³/mol. The molecule has 0 spiro atoms. The number of carbonyl (C=O) groups is 1. The van der Waals surface area contributed by atoms with E-state index in [0.717, 1.165) is 4.88 Å². The number of hydrazone groups is 1. The Bertz CT molecular complexity index is 643. The van der Waals surface area contributed by atoms with Crippen molar-refractivity contribution in [2.75, 3.05) is 12.0 Å². The molecule has 0 saturated heterocycles. The molecule has 1 N–H and O–H groups in total. The molecule has 2 aromatic rings. The highest BCUT2D eigenvalue weighted by Gasteiger charge is 2.07. The molecule has 0 aliphatic heterocycles. The van der Waals surface area contributed by atoms with Gasteiger partial charge in [-0.1, -0.05) is 23.5 Å². The third-order valence-electron chi connectivity index (χ3n) is 2.40. The van der Waals surface area contributed by atoms with Crippen molar-refractivity contribution >= 4 is 28.7 Å². The second-order valence-corrected chi connectivity index (χ2v) is 5.15. The Balaban J connectivity index is 1.89. The van der Waals surface area contributed by atoms with E-state index in [-0.39, 0.29) is 18.2 Å². The Kier molecular flexibility index (Phi) is 5.39. The molecule has 0 atom stereocenters. The first-order valence-electron chi connectivity index (χ1n) is 6.32. The van der Waals surface area contributed by atoms with Crippen molar-refractivity contribution in [3.63, 3.8) is 0 Å². The van der Waals surface area contributed by atoms with Gasteiger partial charge in [-0.05, 0) is 24.6 Å². The number of nitrogens with zero attached hydrogens (tertiary/aromatic N) is 2. The van der Waals surface area contributed by atoms with Crippen molar-refractivity contribution in [3.05, 3.63) is 46.7 Å². The van der Waals surface area contributed by atoms with Crippen LogP contribution >= 0.6 is 11.3 Å². The minimum atomic E-state index is -0.315. The fraction of sp³-hybridized carbons (Fsp3) is 0.214. The summed E-state index contributed by atoms with van der Waals surface area (Å²) >= 11 is 1.31. The van der Waals surface area contributed by atoms with Crippen molar-refractivity contribution in [2.24, 2.45) is 5.10 Å². The standard InChI is InChI=1S/C14H14FN3O2S/c1-2-20-13(19)7-12-9-16-14(21-12)18-17-8-10-4-3-5-11(15)6-10/h3-6,8-9H,2,7H2,1H3,(H,16,18)/b17-8+. The van der Waals surface area contributed by atoms with E-state index >= 15 is 0 Å². The van der Waals surface area contributed by atoms with Crippen molar-refractivity contribution in [2.45, 2.75) is 13.3 Å². The van der Waals surface area contributed by atoms with Gasteiger partial charge in [-0.2, -0.15) is 5.10 Å². The summed E-state index contributed by atoms with van der Waals surface area (Å²) in [6.45, 7) is 2.12. The highest BCUT2D eigenvalue weighted by Crippen LogP contribution is 2.18. The van der Waals surface area contributed by atoms with Gasteiger partial charge in [0.05, 0.1) is 19.2 Å². The first-order chi connectivity index (χ1) is 10.2. The van der Waals surface area contributed by atoms with E-state index in [1.807, 2.05) is 0 Å². The van der Waals surface area contributed by atoms with Crippen LogP contribution in [0.3, 0.4) is 0 Å². The molecule has 2 rings (SSSR count). The number of halogens is 1. The highest BCUT2D eigenvalue weighted by molar-refractivity contribution is 7.15. The van der Waals surface area contributed by atoms with E-state index in [4.69, 9.17) is 4.74 Å². The molecule has 0 aliphatic rings. The molecular formula is C14H14FN3O2S. The summed E-state index contributed by atoms with van der Waals surface area (Å²) < 4.78 is 17.8. The summed E-state index contributed by atoms with van der Waals surface area (Å²) in [6.07, 6.45) is 3.29. The zero-order valence-corrected chi connectivity index (χ0v) is 12.2. The van der Waals surface area contributed by atoms with Crippen LogP contribution in [0, 0.1) is 5.82 Å². The van der Waals surface area contributed by atoms with Gasteiger partial charge >= 0.3 is 5.97 Å². The quantitative estimate of drug-likeness (QED) is 0.506. The van der Waals surface area contributed by atoms with Crippen LogP contribution < -0.4 is 5.43 Å². The van der Waals surface area contributed by atoms with Crippen molar-refractivity contribution in [3.8, 4) is 0 Å². The molecule has 0 aliphatic carbocycles. The SMILES string of the molecule is CCOC(=O)Cc1cnc(N/N=C/c2cccc(F)c2)s1. The minimum absolute atomic E-state index is 0.195. The monoisotopic (exact) mass is 307 g/mol. The van der Waals surface area contributed by atoms with Gasteiger partial charge in [-0.25, -0.2) is 9.37 Å². The van der Waals surface area contributed by atoms with Crippen LogP contribution in [-0.2, 0) is 16.0 Å². The van der Waals surface area contributed by atoms with Crippen LogP contribution in [-0.4, -0.2) is 23.8 Å². The lowest BCUT2D eigenvalue weighted by Gasteiger charge is -1.97. The van der Waals surface area contributed by atoms with Crippen LogP contribution in [0.4, 0.5) is 9.52 Å². The second-order valence-electron chi connectivity index (χ2n) is 4.04. The summed E-state index contributed by atoms with van der Waals surface area (Å²) in [5.41, 5.74) is 3.38. The molecule has 0 radical (unpaired) electrons. The van der Waals surface area contributed by atoms with Crippen molar-refractivity contribution in [1.29, 1.82) is 0 Å². The van der Waals surface area contributed by atoms with Gasteiger partial charge in [-0.15, -0.1) is 0 Å². The summed E-state index contributed by atoms with van der Waals surface area (Å²) in [5.74, 6) is -0.596. The molecule has 7 heteroatoms. The van der Waals surface area contributed by atoms with E-state index in [1.165, 1.54) is 29.7 Å². The van der Waals surface area contributed by atoms with Crippen LogP contribution in [0.25, 0.3) is 0 Å². The Morgan fingerprint density at radius 1 is 1.57 bits per heavy atom. The fourth-order valence-corrected chi connectivity index (χ4v) is 2.29. The molecule has 1 aromatic heterocycles. The van der Waals surface area contributed by atoms with E-state index in [2.05, 4.69) is 15.5 Å². The zero-order chi connectivity index (χ0) is 15.1. The smallest absolute Gasteiger partial charge is 0.311 e. The summed E-state index contributed by atoms with van der Waals surface area (Å²) in [6, 6.07) is 6.09. The zero-order valence-electron chi connectivity index (χ0n) is 11.4. The van der Waals surface area contributed by atoms with Crippen LogP contribution in [0.5, 0.6) is 0 Å². The van der Waals surface area contributed by atoms with E-state index in [1.54, 1.807) is 25.3 Å². The van der Waals surface area contributed by atoms with Gasteiger partial charge < -0.3 is 4.74 Å². The maximum Gasteiger partial charge on any atom is 0.311 e. The maximum atomic E-state index is 13.0. The molecule has 0 saturated carbocycles. The third-order valence-corrected chi connectivity index (χ3v) is 3.30. The first kappa shape index (κ1) is 15.1. The molecule has 0 bridgehead atoms. The summed E-state index contributed by atoms with van der Waals surface area (Å²) in [5, 5.41) is 4.53. The minimum Gasteiger partial charge on any atom is -0.466 e. The Hall–Kier alpha value is -2.28. The number of aromatic nitrogens is 1. The van der Waals surface area contributed by atoms with Gasteiger partial charge in [0.2, 0.25) is 5.13 Å². The van der Waals surface area contributed by atoms with E-state index in [0.29, 0.717) is 17.3 Å². The Morgan fingerprint density at radius 3 is 3.19 bits per heavy atom. The fourth-order valence-electron chi connectivity index (χ4n) is 1.54. The maximum absolute atomic E-state index is 13.0. The topological polar surface area (TPSA) is 63.6 Å². The molecule has 21 heavy (non-hydrogen) atoms. The van der Waals surface area contributed by atoms with Crippen LogP contribution in [0.2, 0.25) is 0 Å². The predicted octanol–water partition coefficient (Wildman–Crippen LogP) is 2.83. The molecule has 0 unspecified atom stereocenters. The molecular weight excluding hydrogens is 293 g/mol. The molecule has 0 fully saturated rings. The van der Waals surface area contributed by atoms with Gasteiger partial charge in [0.1, 0.15) is 5.82 Å². The lowest BCUT2D eigenvalue weighted by atomic mass is 10.2. The number of hydrogen-bond acceptors (Lipinski definition) is 6. The average Bonchev–Trinajstić information content (AvgIpc) is 2.86. The molecule has 1 heterocycles. The number of thiazole rings is 1. The Morgan fingerprint density at radius 2 is 2.43 bits per heavy atom. The number of anilines is 1. The molecule has 5 nitrogen and oxygen atoms in total. The lowest BCUT2D eigenvalue weighted by molar-refractivity contribution is -0.142. The van der Waals surface area contributed by atoms with Crippen LogP contribution in [0.1, 0.15) is 17.4 Å². The average molecular weight is 307 g/mol. The van der Waals surface area contributed by atoms with Gasteiger partial charge in [0.15, 0.2) is 0 Å². The number of carbonyl (C=O) groups excluding carboxylic acids is 1. The van der Waals surface area contributed by atoms with Gasteiger partial charge in [-0.3, -0.25) is 10.2 Å². The Labute approximate surface area is 125 Å². The van der Waals surface area contributed by atoms with Gasteiger partial charge in [0, 0.05) is 11.1 Å². The number of hydrogen-bond donors (Lipinski definition) is 1. The molecule has 1 aromatic carbocycles.